The van der Waals surface area contributed by atoms with E-state index in [-0.39, 0.29) is 17.1 Å². The molecule has 5 nitrogen and oxygen atoms in total. The maximum Gasteiger partial charge on any atom is 0.254 e. The van der Waals surface area contributed by atoms with Crippen LogP contribution in [0.15, 0.2) is 41.1 Å². The van der Waals surface area contributed by atoms with E-state index in [1.165, 1.54) is 12.5 Å². The Labute approximate surface area is 121 Å². The van der Waals surface area contributed by atoms with Gasteiger partial charge < -0.3 is 14.8 Å². The predicted molar refractivity (Wildman–Crippen MR) is 74.5 cm³/mol. The number of nitrogens with zero attached hydrogens (tertiary/aromatic N) is 1. The van der Waals surface area contributed by atoms with Crippen LogP contribution in [0.2, 0.25) is 5.15 Å². The van der Waals surface area contributed by atoms with Crippen LogP contribution in [0.25, 0.3) is 0 Å². The molecular formula is C14H15ClN2O3. The van der Waals surface area contributed by atoms with Gasteiger partial charge >= 0.3 is 0 Å². The van der Waals surface area contributed by atoms with Crippen molar-refractivity contribution in [3.8, 4) is 0 Å². The van der Waals surface area contributed by atoms with Crippen LogP contribution in [0.5, 0.6) is 0 Å². The van der Waals surface area contributed by atoms with Crippen molar-refractivity contribution in [3.05, 3.63) is 53.2 Å². The maximum absolute atomic E-state index is 12.0. The molecule has 2 N–H and O–H groups in total. The third-order valence-corrected chi connectivity index (χ3v) is 3.13. The standard InChI is InChI=1S/C14H15ClN2O3/c1-9(8-11(18)12-5-3-7-20-12)17-14(19)10-4-2-6-16-13(10)15/h2-7,9,11,18H,8H2,1H3,(H,17,19). The maximum atomic E-state index is 12.0. The number of furan rings is 1. The fourth-order valence-corrected chi connectivity index (χ4v) is 2.05. The van der Waals surface area contributed by atoms with Gasteiger partial charge in [0.05, 0.1) is 11.8 Å². The van der Waals surface area contributed by atoms with Crippen LogP contribution in [0.1, 0.15) is 35.6 Å². The number of aliphatic hydroxyl groups excluding tert-OH is 1. The van der Waals surface area contributed by atoms with Gasteiger partial charge in [0.15, 0.2) is 0 Å². The number of carbonyl (C=O) groups excluding carboxylic acids is 1. The summed E-state index contributed by atoms with van der Waals surface area (Å²) in [5, 5.41) is 12.9. The summed E-state index contributed by atoms with van der Waals surface area (Å²) in [5.41, 5.74) is 0.313. The summed E-state index contributed by atoms with van der Waals surface area (Å²) in [4.78, 5) is 15.9. The summed E-state index contributed by atoms with van der Waals surface area (Å²) in [6.07, 6.45) is 2.60. The molecule has 2 aromatic heterocycles. The van der Waals surface area contributed by atoms with E-state index < -0.39 is 6.10 Å². The van der Waals surface area contributed by atoms with Gasteiger partial charge in [-0.3, -0.25) is 4.79 Å². The predicted octanol–water partition coefficient (Wildman–Crippen LogP) is 2.57. The van der Waals surface area contributed by atoms with Crippen LogP contribution in [0.3, 0.4) is 0 Å². The quantitative estimate of drug-likeness (QED) is 0.831. The van der Waals surface area contributed by atoms with Crippen LogP contribution in [-0.2, 0) is 0 Å². The highest BCUT2D eigenvalue weighted by molar-refractivity contribution is 6.32. The second kappa shape index (κ2) is 6.54. The molecule has 0 aliphatic carbocycles. The van der Waals surface area contributed by atoms with Crippen LogP contribution in [0, 0.1) is 0 Å². The van der Waals surface area contributed by atoms with Crippen molar-refractivity contribution in [2.45, 2.75) is 25.5 Å². The third kappa shape index (κ3) is 3.59. The van der Waals surface area contributed by atoms with E-state index in [0.29, 0.717) is 17.7 Å². The van der Waals surface area contributed by atoms with Crippen LogP contribution >= 0.6 is 11.6 Å². The fraction of sp³-hybridized carbons (Fsp3) is 0.286. The molecule has 6 heteroatoms. The molecule has 106 valence electrons. The van der Waals surface area contributed by atoms with E-state index in [2.05, 4.69) is 10.3 Å². The molecule has 0 aromatic carbocycles. The van der Waals surface area contributed by atoms with E-state index in [1.807, 2.05) is 0 Å². The first kappa shape index (κ1) is 14.6. The minimum atomic E-state index is -0.760. The van der Waals surface area contributed by atoms with Gasteiger partial charge in [0, 0.05) is 18.7 Å². The lowest BCUT2D eigenvalue weighted by atomic mass is 10.1. The molecule has 0 radical (unpaired) electrons. The molecule has 0 saturated carbocycles. The number of aromatic nitrogens is 1. The van der Waals surface area contributed by atoms with E-state index in [1.54, 1.807) is 31.2 Å². The number of hydrogen-bond acceptors (Lipinski definition) is 4. The Morgan fingerprint density at radius 2 is 2.30 bits per heavy atom. The monoisotopic (exact) mass is 294 g/mol. The van der Waals surface area contributed by atoms with Crippen LogP contribution < -0.4 is 5.32 Å². The molecular weight excluding hydrogens is 280 g/mol. The molecule has 0 saturated heterocycles. The zero-order chi connectivity index (χ0) is 14.5. The van der Waals surface area contributed by atoms with E-state index in [9.17, 15) is 9.90 Å². The Morgan fingerprint density at radius 3 is 2.95 bits per heavy atom. The summed E-state index contributed by atoms with van der Waals surface area (Å²) in [6, 6.07) is 6.40. The Morgan fingerprint density at radius 1 is 1.50 bits per heavy atom. The number of nitrogens with one attached hydrogen (secondary N) is 1. The summed E-state index contributed by atoms with van der Waals surface area (Å²) < 4.78 is 5.11. The molecule has 0 spiro atoms. The normalized spacial score (nSPS) is 13.8. The highest BCUT2D eigenvalue weighted by Crippen LogP contribution is 2.19. The van der Waals surface area contributed by atoms with Gasteiger partial charge in [0.25, 0.3) is 5.91 Å². The minimum absolute atomic E-state index is 0.156. The molecule has 0 bridgehead atoms. The molecule has 2 rings (SSSR count). The number of aliphatic hydroxyl groups is 1. The first-order valence-electron chi connectivity index (χ1n) is 6.20. The Bertz CT molecular complexity index is 572. The number of pyridine rings is 1. The zero-order valence-electron chi connectivity index (χ0n) is 10.9. The topological polar surface area (TPSA) is 75.4 Å². The molecule has 0 aliphatic rings. The summed E-state index contributed by atoms with van der Waals surface area (Å²) in [5.74, 6) is 0.160. The second-order valence-electron chi connectivity index (χ2n) is 4.48. The Kier molecular flexibility index (Phi) is 4.76. The van der Waals surface area contributed by atoms with Crippen molar-refractivity contribution in [3.63, 3.8) is 0 Å². The lowest BCUT2D eigenvalue weighted by Gasteiger charge is -2.16. The largest absolute Gasteiger partial charge is 0.467 e. The van der Waals surface area contributed by atoms with Gasteiger partial charge in [-0.25, -0.2) is 4.98 Å². The number of halogens is 1. The number of hydrogen-bond donors (Lipinski definition) is 2. The molecule has 20 heavy (non-hydrogen) atoms. The summed E-state index contributed by atoms with van der Waals surface area (Å²) >= 11 is 5.85. The fourth-order valence-electron chi connectivity index (χ4n) is 1.85. The highest BCUT2D eigenvalue weighted by Gasteiger charge is 2.18. The average molecular weight is 295 g/mol. The molecule has 0 fully saturated rings. The van der Waals surface area contributed by atoms with Crippen molar-refractivity contribution in [1.82, 2.24) is 10.3 Å². The summed E-state index contributed by atoms with van der Waals surface area (Å²) in [6.45, 7) is 1.80. The number of amides is 1. The minimum Gasteiger partial charge on any atom is -0.467 e. The van der Waals surface area contributed by atoms with Gasteiger partial charge in [-0.1, -0.05) is 11.6 Å². The molecule has 2 aromatic rings. The second-order valence-corrected chi connectivity index (χ2v) is 4.84. The zero-order valence-corrected chi connectivity index (χ0v) is 11.7. The molecule has 2 unspecified atom stereocenters. The van der Waals surface area contributed by atoms with E-state index in [0.717, 1.165) is 0 Å². The lowest BCUT2D eigenvalue weighted by molar-refractivity contribution is 0.0903. The summed E-state index contributed by atoms with van der Waals surface area (Å²) in [7, 11) is 0. The lowest BCUT2D eigenvalue weighted by Crippen LogP contribution is -2.34. The van der Waals surface area contributed by atoms with E-state index in [4.69, 9.17) is 16.0 Å². The Balaban J connectivity index is 1.93. The molecule has 1 amide bonds. The van der Waals surface area contributed by atoms with Crippen LogP contribution in [0.4, 0.5) is 0 Å². The Hall–Kier alpha value is -1.85. The smallest absolute Gasteiger partial charge is 0.254 e. The van der Waals surface area contributed by atoms with Gasteiger partial charge in [-0.05, 0) is 31.2 Å². The number of rotatable bonds is 5. The van der Waals surface area contributed by atoms with Gasteiger partial charge in [-0.15, -0.1) is 0 Å². The van der Waals surface area contributed by atoms with Gasteiger partial charge in [0.1, 0.15) is 17.0 Å². The molecule has 0 aliphatic heterocycles. The van der Waals surface area contributed by atoms with Crippen LogP contribution in [-0.4, -0.2) is 22.0 Å². The van der Waals surface area contributed by atoms with Gasteiger partial charge in [-0.2, -0.15) is 0 Å². The van der Waals surface area contributed by atoms with Gasteiger partial charge in [0.2, 0.25) is 0 Å². The van der Waals surface area contributed by atoms with Crippen molar-refractivity contribution in [2.24, 2.45) is 0 Å². The van der Waals surface area contributed by atoms with Crippen molar-refractivity contribution >= 4 is 17.5 Å². The molecule has 2 heterocycles. The highest BCUT2D eigenvalue weighted by atomic mass is 35.5. The van der Waals surface area contributed by atoms with Crippen molar-refractivity contribution in [2.75, 3.05) is 0 Å². The van der Waals surface area contributed by atoms with Crippen molar-refractivity contribution in [1.29, 1.82) is 0 Å². The first-order chi connectivity index (χ1) is 9.58. The average Bonchev–Trinajstić information content (AvgIpc) is 2.92. The molecule has 2 atom stereocenters. The first-order valence-corrected chi connectivity index (χ1v) is 6.58. The SMILES string of the molecule is CC(CC(O)c1ccco1)NC(=O)c1cccnc1Cl. The van der Waals surface area contributed by atoms with E-state index >= 15 is 0 Å². The number of carbonyl (C=O) groups is 1. The third-order valence-electron chi connectivity index (χ3n) is 2.83. The van der Waals surface area contributed by atoms with Crippen molar-refractivity contribution < 1.29 is 14.3 Å².